The molecule has 1 saturated heterocycles. The van der Waals surface area contributed by atoms with Crippen molar-refractivity contribution in [1.29, 1.82) is 0 Å². The average Bonchev–Trinajstić information content (AvgIpc) is 2.40. The highest BCUT2D eigenvalue weighted by Crippen LogP contribution is 2.25. The van der Waals surface area contributed by atoms with Crippen LogP contribution in [0.2, 0.25) is 0 Å². The summed E-state index contributed by atoms with van der Waals surface area (Å²) in [6, 6.07) is 5.52. The highest BCUT2D eigenvalue weighted by atomic mass is 79.9. The van der Waals surface area contributed by atoms with E-state index in [0.717, 1.165) is 41.3 Å². The first-order valence-electron chi connectivity index (χ1n) is 6.10. The van der Waals surface area contributed by atoms with Crippen LogP contribution in [0.1, 0.15) is 18.4 Å². The van der Waals surface area contributed by atoms with E-state index in [0.29, 0.717) is 6.61 Å². The predicted molar refractivity (Wildman–Crippen MR) is 75.3 cm³/mol. The fourth-order valence-electron chi connectivity index (χ4n) is 1.88. The van der Waals surface area contributed by atoms with Crippen molar-refractivity contribution in [2.24, 2.45) is 0 Å². The lowest BCUT2D eigenvalue weighted by Gasteiger charge is -2.23. The second-order valence-electron chi connectivity index (χ2n) is 4.31. The molecule has 1 aliphatic rings. The van der Waals surface area contributed by atoms with Gasteiger partial charge < -0.3 is 14.6 Å². The van der Waals surface area contributed by atoms with Crippen molar-refractivity contribution in [3.63, 3.8) is 0 Å². The van der Waals surface area contributed by atoms with E-state index >= 15 is 0 Å². The molecule has 1 heterocycles. The Kier molecular flexibility index (Phi) is 4.99. The number of carboxylic acid groups (broad SMARTS) is 1. The van der Waals surface area contributed by atoms with Gasteiger partial charge in [0.1, 0.15) is 11.9 Å². The normalized spacial score (nSPS) is 19.5. The quantitative estimate of drug-likeness (QED) is 0.864. The van der Waals surface area contributed by atoms with Gasteiger partial charge in [0.2, 0.25) is 0 Å². The molecule has 1 aliphatic heterocycles. The van der Waals surface area contributed by atoms with Gasteiger partial charge in [-0.15, -0.1) is 0 Å². The number of ether oxygens (including phenoxy) is 2. The fourth-order valence-corrected chi connectivity index (χ4v) is 2.26. The van der Waals surface area contributed by atoms with Crippen LogP contribution in [-0.4, -0.2) is 30.4 Å². The standard InChI is InChI=1S/C14H15BrO4/c15-13-5-4-11(8-10(13)3-6-14(16)17)19-12-2-1-7-18-9-12/h3-6,8,12H,1-2,7,9H2,(H,16,17)/b6-3+. The Labute approximate surface area is 120 Å². The molecule has 0 spiro atoms. The van der Waals surface area contributed by atoms with E-state index in [-0.39, 0.29) is 6.10 Å². The number of carboxylic acids is 1. The molecule has 1 atom stereocenters. The summed E-state index contributed by atoms with van der Waals surface area (Å²) in [5.74, 6) is -0.248. The van der Waals surface area contributed by atoms with Gasteiger partial charge in [-0.3, -0.25) is 0 Å². The maximum absolute atomic E-state index is 10.5. The van der Waals surface area contributed by atoms with E-state index in [1.165, 1.54) is 6.08 Å². The van der Waals surface area contributed by atoms with Gasteiger partial charge >= 0.3 is 5.97 Å². The number of rotatable bonds is 4. The first-order valence-corrected chi connectivity index (χ1v) is 6.89. The zero-order valence-electron chi connectivity index (χ0n) is 10.3. The zero-order chi connectivity index (χ0) is 13.7. The number of hydrogen-bond acceptors (Lipinski definition) is 3. The topological polar surface area (TPSA) is 55.8 Å². The van der Waals surface area contributed by atoms with E-state index in [9.17, 15) is 4.79 Å². The third-order valence-electron chi connectivity index (χ3n) is 2.79. The molecule has 1 aromatic carbocycles. The molecule has 19 heavy (non-hydrogen) atoms. The molecule has 0 bridgehead atoms. The van der Waals surface area contributed by atoms with Crippen LogP contribution in [0.3, 0.4) is 0 Å². The Hall–Kier alpha value is -1.33. The van der Waals surface area contributed by atoms with Gasteiger partial charge in [0.05, 0.1) is 6.61 Å². The monoisotopic (exact) mass is 326 g/mol. The van der Waals surface area contributed by atoms with Crippen LogP contribution in [0.4, 0.5) is 0 Å². The van der Waals surface area contributed by atoms with Crippen LogP contribution in [0.25, 0.3) is 6.08 Å². The first kappa shape index (κ1) is 14.1. The van der Waals surface area contributed by atoms with Crippen LogP contribution in [0.15, 0.2) is 28.7 Å². The lowest BCUT2D eigenvalue weighted by atomic mass is 10.1. The van der Waals surface area contributed by atoms with Gasteiger partial charge in [-0.05, 0) is 42.7 Å². The van der Waals surface area contributed by atoms with Crippen LogP contribution in [0.5, 0.6) is 5.75 Å². The molecule has 0 saturated carbocycles. The predicted octanol–water partition coefficient (Wildman–Crippen LogP) is 3.10. The van der Waals surface area contributed by atoms with Crippen LogP contribution in [-0.2, 0) is 9.53 Å². The molecule has 2 rings (SSSR count). The molecule has 0 aromatic heterocycles. The van der Waals surface area contributed by atoms with Gasteiger partial charge in [-0.2, -0.15) is 0 Å². The summed E-state index contributed by atoms with van der Waals surface area (Å²) in [5, 5.41) is 8.65. The van der Waals surface area contributed by atoms with Crippen LogP contribution < -0.4 is 4.74 Å². The lowest BCUT2D eigenvalue weighted by molar-refractivity contribution is -0.131. The summed E-state index contributed by atoms with van der Waals surface area (Å²) in [6.07, 6.45) is 4.71. The Morgan fingerprint density at radius 2 is 2.37 bits per heavy atom. The third-order valence-corrected chi connectivity index (χ3v) is 3.52. The molecule has 1 aromatic rings. The summed E-state index contributed by atoms with van der Waals surface area (Å²) in [7, 11) is 0. The smallest absolute Gasteiger partial charge is 0.328 e. The molecule has 0 radical (unpaired) electrons. The van der Waals surface area contributed by atoms with E-state index < -0.39 is 5.97 Å². The minimum Gasteiger partial charge on any atom is -0.488 e. The minimum atomic E-state index is -0.973. The Balaban J connectivity index is 2.08. The number of halogens is 1. The Morgan fingerprint density at radius 1 is 1.53 bits per heavy atom. The van der Waals surface area contributed by atoms with Crippen molar-refractivity contribution in [1.82, 2.24) is 0 Å². The van der Waals surface area contributed by atoms with E-state index in [2.05, 4.69) is 15.9 Å². The highest BCUT2D eigenvalue weighted by Gasteiger charge is 2.15. The molecule has 1 N–H and O–H groups in total. The molecule has 0 aliphatic carbocycles. The highest BCUT2D eigenvalue weighted by molar-refractivity contribution is 9.10. The van der Waals surface area contributed by atoms with E-state index in [1.807, 2.05) is 18.2 Å². The average molecular weight is 327 g/mol. The molecule has 1 fully saturated rings. The van der Waals surface area contributed by atoms with E-state index in [1.54, 1.807) is 0 Å². The largest absolute Gasteiger partial charge is 0.488 e. The lowest BCUT2D eigenvalue weighted by Crippen LogP contribution is -2.27. The second-order valence-corrected chi connectivity index (χ2v) is 5.17. The maximum atomic E-state index is 10.5. The molecule has 0 amide bonds. The summed E-state index contributed by atoms with van der Waals surface area (Å²) in [5.41, 5.74) is 0.775. The summed E-state index contributed by atoms with van der Waals surface area (Å²) in [4.78, 5) is 10.5. The maximum Gasteiger partial charge on any atom is 0.328 e. The fraction of sp³-hybridized carbons (Fsp3) is 0.357. The number of aliphatic carboxylic acids is 1. The van der Waals surface area contributed by atoms with Crippen molar-refractivity contribution >= 4 is 28.0 Å². The summed E-state index contributed by atoms with van der Waals surface area (Å²) < 4.78 is 12.0. The van der Waals surface area contributed by atoms with Gasteiger partial charge in [-0.25, -0.2) is 4.79 Å². The number of hydrogen-bond donors (Lipinski definition) is 1. The van der Waals surface area contributed by atoms with Gasteiger partial charge in [-0.1, -0.05) is 15.9 Å². The SMILES string of the molecule is O=C(O)/C=C/c1cc(OC2CCCOC2)ccc1Br. The molecule has 4 nitrogen and oxygen atoms in total. The number of benzene rings is 1. The Bertz CT molecular complexity index is 478. The van der Waals surface area contributed by atoms with E-state index in [4.69, 9.17) is 14.6 Å². The molecule has 1 unspecified atom stereocenters. The minimum absolute atomic E-state index is 0.0752. The van der Waals surface area contributed by atoms with Gasteiger partial charge in [0, 0.05) is 17.2 Å². The molecular formula is C14H15BrO4. The third kappa shape index (κ3) is 4.36. The summed E-state index contributed by atoms with van der Waals surface area (Å²) >= 11 is 3.38. The van der Waals surface area contributed by atoms with Crippen molar-refractivity contribution in [3.05, 3.63) is 34.3 Å². The van der Waals surface area contributed by atoms with Crippen molar-refractivity contribution in [2.75, 3.05) is 13.2 Å². The second kappa shape index (κ2) is 6.73. The Morgan fingerprint density at radius 3 is 3.05 bits per heavy atom. The van der Waals surface area contributed by atoms with Crippen LogP contribution >= 0.6 is 15.9 Å². The van der Waals surface area contributed by atoms with Gasteiger partial charge in [0.15, 0.2) is 0 Å². The van der Waals surface area contributed by atoms with Crippen molar-refractivity contribution < 1.29 is 19.4 Å². The van der Waals surface area contributed by atoms with Gasteiger partial charge in [0.25, 0.3) is 0 Å². The number of carbonyl (C=O) groups is 1. The molecule has 5 heteroatoms. The zero-order valence-corrected chi connectivity index (χ0v) is 11.9. The molecular weight excluding hydrogens is 312 g/mol. The van der Waals surface area contributed by atoms with Crippen molar-refractivity contribution in [3.8, 4) is 5.75 Å². The molecule has 102 valence electrons. The first-order chi connectivity index (χ1) is 9.15. The summed E-state index contributed by atoms with van der Waals surface area (Å²) in [6.45, 7) is 1.41. The van der Waals surface area contributed by atoms with Crippen LogP contribution in [0, 0.1) is 0 Å². The van der Waals surface area contributed by atoms with Crippen molar-refractivity contribution in [2.45, 2.75) is 18.9 Å².